The van der Waals surface area contributed by atoms with Crippen molar-refractivity contribution in [2.75, 3.05) is 36.5 Å². The highest BCUT2D eigenvalue weighted by molar-refractivity contribution is 6.02. The largest absolute Gasteiger partial charge is 0.395 e. The van der Waals surface area contributed by atoms with E-state index in [2.05, 4.69) is 0 Å². The zero-order valence-electron chi connectivity index (χ0n) is 8.68. The van der Waals surface area contributed by atoms with Gasteiger partial charge in [0.05, 0.1) is 24.5 Å². The van der Waals surface area contributed by atoms with E-state index in [4.69, 9.17) is 5.11 Å². The molecule has 15 heavy (non-hydrogen) atoms. The van der Waals surface area contributed by atoms with Crippen molar-refractivity contribution in [3.8, 4) is 0 Å². The number of rotatable bonds is 2. The number of carbonyl (C=O) groups is 1. The minimum Gasteiger partial charge on any atom is -0.395 e. The molecule has 0 radical (unpaired) electrons. The molecule has 1 heterocycles. The molecule has 0 atom stereocenters. The second-order valence-corrected chi connectivity index (χ2v) is 3.59. The lowest BCUT2D eigenvalue weighted by Gasteiger charge is -2.35. The van der Waals surface area contributed by atoms with Crippen molar-refractivity contribution in [2.45, 2.75) is 0 Å². The Kier molecular flexibility index (Phi) is 2.60. The van der Waals surface area contributed by atoms with E-state index in [0.29, 0.717) is 13.1 Å². The fraction of sp³-hybridized carbons (Fsp3) is 0.364. The summed E-state index contributed by atoms with van der Waals surface area (Å²) in [5.74, 6) is 0.0575. The average molecular weight is 206 g/mol. The molecular weight excluding hydrogens is 192 g/mol. The first-order valence-electron chi connectivity index (χ1n) is 4.95. The summed E-state index contributed by atoms with van der Waals surface area (Å²) < 4.78 is 0. The monoisotopic (exact) mass is 206 g/mol. The predicted molar refractivity (Wildman–Crippen MR) is 59.2 cm³/mol. The number of aliphatic hydroxyl groups is 1. The smallest absolute Gasteiger partial charge is 0.246 e. The van der Waals surface area contributed by atoms with E-state index in [1.807, 2.05) is 29.2 Å². The quantitative estimate of drug-likeness (QED) is 0.764. The first kappa shape index (κ1) is 9.98. The maximum atomic E-state index is 11.6. The van der Waals surface area contributed by atoms with Crippen molar-refractivity contribution in [1.82, 2.24) is 0 Å². The van der Waals surface area contributed by atoms with Crippen LogP contribution in [-0.4, -0.2) is 37.8 Å². The molecule has 1 aliphatic heterocycles. The normalized spacial score (nSPS) is 15.5. The third-order valence-corrected chi connectivity index (χ3v) is 2.65. The van der Waals surface area contributed by atoms with Crippen molar-refractivity contribution in [1.29, 1.82) is 0 Å². The fourth-order valence-corrected chi connectivity index (χ4v) is 1.82. The Morgan fingerprint density at radius 1 is 1.33 bits per heavy atom. The van der Waals surface area contributed by atoms with Crippen LogP contribution in [0.4, 0.5) is 11.4 Å². The zero-order chi connectivity index (χ0) is 10.8. The van der Waals surface area contributed by atoms with Crippen LogP contribution in [0.3, 0.4) is 0 Å². The Hall–Kier alpha value is -1.55. The third-order valence-electron chi connectivity index (χ3n) is 2.65. The summed E-state index contributed by atoms with van der Waals surface area (Å²) in [5.41, 5.74) is 1.91. The second-order valence-electron chi connectivity index (χ2n) is 3.59. The number of anilines is 2. The first-order valence-corrected chi connectivity index (χ1v) is 4.95. The zero-order valence-corrected chi connectivity index (χ0v) is 8.68. The van der Waals surface area contributed by atoms with Gasteiger partial charge >= 0.3 is 0 Å². The van der Waals surface area contributed by atoms with Crippen LogP contribution in [0.2, 0.25) is 0 Å². The van der Waals surface area contributed by atoms with Crippen LogP contribution < -0.4 is 9.80 Å². The molecule has 0 unspecified atom stereocenters. The molecule has 2 rings (SSSR count). The van der Waals surface area contributed by atoms with E-state index in [1.54, 1.807) is 11.9 Å². The lowest BCUT2D eigenvalue weighted by atomic mass is 10.1. The van der Waals surface area contributed by atoms with Crippen molar-refractivity contribution in [3.05, 3.63) is 24.3 Å². The number of para-hydroxylation sites is 2. The molecular formula is C11H14N2O2. The lowest BCUT2D eigenvalue weighted by Crippen LogP contribution is -2.44. The Bertz CT molecular complexity index is 379. The number of fused-ring (bicyclic) bond motifs is 1. The molecule has 0 aromatic heterocycles. The minimum absolute atomic E-state index is 0.0575. The molecule has 0 saturated heterocycles. The topological polar surface area (TPSA) is 43.8 Å². The molecule has 80 valence electrons. The van der Waals surface area contributed by atoms with E-state index in [-0.39, 0.29) is 12.5 Å². The van der Waals surface area contributed by atoms with Gasteiger partial charge < -0.3 is 14.9 Å². The number of aliphatic hydroxyl groups excluding tert-OH is 1. The number of hydrogen-bond acceptors (Lipinski definition) is 3. The summed E-state index contributed by atoms with van der Waals surface area (Å²) in [7, 11) is 1.78. The van der Waals surface area contributed by atoms with Gasteiger partial charge in [-0.25, -0.2) is 0 Å². The van der Waals surface area contributed by atoms with Gasteiger partial charge in [0.2, 0.25) is 5.91 Å². The predicted octanol–water partition coefficient (Wildman–Crippen LogP) is 0.462. The van der Waals surface area contributed by atoms with Crippen molar-refractivity contribution in [3.63, 3.8) is 0 Å². The van der Waals surface area contributed by atoms with Gasteiger partial charge in [-0.05, 0) is 12.1 Å². The lowest BCUT2D eigenvalue weighted by molar-refractivity contribution is -0.117. The molecule has 0 saturated carbocycles. The van der Waals surface area contributed by atoms with E-state index >= 15 is 0 Å². The van der Waals surface area contributed by atoms with Crippen LogP contribution in [-0.2, 0) is 4.79 Å². The fourth-order valence-electron chi connectivity index (χ4n) is 1.82. The number of β-amino-alcohol motifs (C(OH)–C–C–N with tert-alkyl or cyclic N) is 1. The van der Waals surface area contributed by atoms with Crippen LogP contribution in [0.1, 0.15) is 0 Å². The maximum Gasteiger partial charge on any atom is 0.246 e. The number of likely N-dealkylation sites (N-methyl/N-ethyl adjacent to an activating group) is 1. The van der Waals surface area contributed by atoms with Crippen LogP contribution in [0.15, 0.2) is 24.3 Å². The summed E-state index contributed by atoms with van der Waals surface area (Å²) in [4.78, 5) is 15.2. The summed E-state index contributed by atoms with van der Waals surface area (Å²) in [6.07, 6.45) is 0. The van der Waals surface area contributed by atoms with Gasteiger partial charge in [0.15, 0.2) is 0 Å². The molecule has 1 aromatic rings. The number of benzene rings is 1. The summed E-state index contributed by atoms with van der Waals surface area (Å²) in [5, 5.41) is 8.93. The highest BCUT2D eigenvalue weighted by Crippen LogP contribution is 2.31. The Labute approximate surface area is 88.7 Å². The molecule has 0 spiro atoms. The van der Waals surface area contributed by atoms with Crippen LogP contribution in [0.5, 0.6) is 0 Å². The molecule has 0 bridgehead atoms. The van der Waals surface area contributed by atoms with Gasteiger partial charge in [-0.15, -0.1) is 0 Å². The minimum atomic E-state index is 0.0575. The van der Waals surface area contributed by atoms with Gasteiger partial charge in [0.1, 0.15) is 0 Å². The van der Waals surface area contributed by atoms with Crippen molar-refractivity contribution < 1.29 is 9.90 Å². The molecule has 1 N–H and O–H groups in total. The Morgan fingerprint density at radius 3 is 2.67 bits per heavy atom. The Morgan fingerprint density at radius 2 is 2.00 bits per heavy atom. The SMILES string of the molecule is CN1C(=O)CN(CCO)c2ccccc21. The molecule has 4 nitrogen and oxygen atoms in total. The van der Waals surface area contributed by atoms with Gasteiger partial charge in [0.25, 0.3) is 0 Å². The van der Waals surface area contributed by atoms with Gasteiger partial charge in [-0.1, -0.05) is 12.1 Å². The molecule has 1 aromatic carbocycles. The van der Waals surface area contributed by atoms with Crippen LogP contribution in [0, 0.1) is 0 Å². The van der Waals surface area contributed by atoms with Gasteiger partial charge in [0, 0.05) is 13.6 Å². The van der Waals surface area contributed by atoms with E-state index < -0.39 is 0 Å². The molecule has 1 aliphatic rings. The van der Waals surface area contributed by atoms with Crippen LogP contribution in [0.25, 0.3) is 0 Å². The third kappa shape index (κ3) is 1.68. The van der Waals surface area contributed by atoms with Gasteiger partial charge in [-0.3, -0.25) is 4.79 Å². The molecule has 1 amide bonds. The number of hydrogen-bond donors (Lipinski definition) is 1. The number of carbonyl (C=O) groups excluding carboxylic acids is 1. The van der Waals surface area contributed by atoms with Crippen LogP contribution >= 0.6 is 0 Å². The molecule has 4 heteroatoms. The highest BCUT2D eigenvalue weighted by Gasteiger charge is 2.25. The molecule has 0 fully saturated rings. The highest BCUT2D eigenvalue weighted by atomic mass is 16.3. The van der Waals surface area contributed by atoms with Crippen molar-refractivity contribution in [2.24, 2.45) is 0 Å². The second kappa shape index (κ2) is 3.90. The molecule has 0 aliphatic carbocycles. The first-order chi connectivity index (χ1) is 7.24. The van der Waals surface area contributed by atoms with E-state index in [0.717, 1.165) is 11.4 Å². The van der Waals surface area contributed by atoms with Crippen molar-refractivity contribution >= 4 is 17.3 Å². The number of nitrogens with zero attached hydrogens (tertiary/aromatic N) is 2. The maximum absolute atomic E-state index is 11.6. The summed E-state index contributed by atoms with van der Waals surface area (Å²) in [6, 6.07) is 7.72. The number of amides is 1. The van der Waals surface area contributed by atoms with E-state index in [1.165, 1.54) is 0 Å². The summed E-state index contributed by atoms with van der Waals surface area (Å²) >= 11 is 0. The summed E-state index contributed by atoms with van der Waals surface area (Å²) in [6.45, 7) is 0.899. The standard InChI is InChI=1S/C11H14N2O2/c1-12-9-4-2-3-5-10(9)13(6-7-14)8-11(12)15/h2-5,14H,6-8H2,1H3. The van der Waals surface area contributed by atoms with E-state index in [9.17, 15) is 4.79 Å². The van der Waals surface area contributed by atoms with Gasteiger partial charge in [-0.2, -0.15) is 0 Å². The Balaban J connectivity index is 2.40. The average Bonchev–Trinajstić information content (AvgIpc) is 2.26.